The maximum Gasteiger partial charge on any atom is 0.198 e. The van der Waals surface area contributed by atoms with E-state index in [1.54, 1.807) is 6.92 Å². The molecule has 0 spiro atoms. The molecular formula is C27H29NO11. The average molecular weight is 544 g/mol. The van der Waals surface area contributed by atoms with Gasteiger partial charge in [-0.1, -0.05) is 12.1 Å². The van der Waals surface area contributed by atoms with Crippen LogP contribution in [0.25, 0.3) is 0 Å². The number of hydrogen-bond acceptors (Lipinski definition) is 12. The van der Waals surface area contributed by atoms with E-state index in [9.17, 15) is 34.8 Å². The monoisotopic (exact) mass is 543 g/mol. The molecule has 1 fully saturated rings. The first-order valence-corrected chi connectivity index (χ1v) is 12.5. The number of phenolic OH excluding ortho intramolecular Hbond substituents is 2. The van der Waals surface area contributed by atoms with Gasteiger partial charge in [0.15, 0.2) is 29.4 Å². The predicted octanol–water partition coefficient (Wildman–Crippen LogP) is -0.0332. The van der Waals surface area contributed by atoms with E-state index in [-0.39, 0.29) is 58.4 Å². The zero-order valence-corrected chi connectivity index (χ0v) is 21.0. The summed E-state index contributed by atoms with van der Waals surface area (Å²) in [4.78, 5) is 38.4. The Morgan fingerprint density at radius 2 is 1.90 bits per heavy atom. The molecule has 6 atom stereocenters. The summed E-state index contributed by atoms with van der Waals surface area (Å²) in [5.74, 6) is -5.06. The van der Waals surface area contributed by atoms with Crippen molar-refractivity contribution in [3.63, 3.8) is 0 Å². The van der Waals surface area contributed by atoms with E-state index in [0.29, 0.717) is 0 Å². The summed E-state index contributed by atoms with van der Waals surface area (Å²) in [6, 6.07) is 4.76. The molecule has 2 aliphatic carbocycles. The van der Waals surface area contributed by atoms with Gasteiger partial charge < -0.3 is 45.5 Å². The van der Waals surface area contributed by atoms with Crippen molar-refractivity contribution in [2.45, 2.75) is 62.6 Å². The lowest BCUT2D eigenvalue weighted by molar-refractivity contribution is -0.270. The van der Waals surface area contributed by atoms with Crippen LogP contribution in [0, 0.1) is 0 Å². The number of benzene rings is 2. The standard InChI is InChI=1S/C27H29NO11/c1-11-23(32)17(28)6-20(38-11)39-19-8-27(36,37-10-12(30)9-29)7-16-14(19)5-15-22(26(16)35)24(33)13-3-2-4-18(31)21(13)25(15)34/h2-5,11,17,19-20,23,29,31-32,35-36H,6-10,28H2,1H3/t11-,17+,19?,20+,23+,27+/m1/s1. The zero-order valence-electron chi connectivity index (χ0n) is 21.0. The molecule has 1 unspecified atom stereocenters. The summed E-state index contributed by atoms with van der Waals surface area (Å²) in [6.45, 7) is 0.187. The Hall–Kier alpha value is -3.23. The van der Waals surface area contributed by atoms with Gasteiger partial charge in [-0.2, -0.15) is 0 Å². The summed E-state index contributed by atoms with van der Waals surface area (Å²) < 4.78 is 17.3. The molecule has 0 bridgehead atoms. The van der Waals surface area contributed by atoms with Crippen LogP contribution in [0.5, 0.6) is 11.5 Å². The third kappa shape index (κ3) is 4.74. The third-order valence-corrected chi connectivity index (χ3v) is 7.48. The molecule has 0 radical (unpaired) electrons. The van der Waals surface area contributed by atoms with Crippen molar-refractivity contribution in [3.05, 3.63) is 57.6 Å². The smallest absolute Gasteiger partial charge is 0.198 e. The van der Waals surface area contributed by atoms with Crippen LogP contribution in [0.3, 0.4) is 0 Å². The van der Waals surface area contributed by atoms with Crippen LogP contribution >= 0.6 is 0 Å². The zero-order chi connectivity index (χ0) is 28.2. The Kier molecular flexibility index (Phi) is 7.06. The molecule has 0 saturated carbocycles. The first-order chi connectivity index (χ1) is 18.4. The molecule has 1 saturated heterocycles. The predicted molar refractivity (Wildman–Crippen MR) is 131 cm³/mol. The van der Waals surface area contributed by atoms with Gasteiger partial charge in [-0.3, -0.25) is 14.4 Å². The van der Waals surface area contributed by atoms with Crippen LogP contribution in [0.15, 0.2) is 24.3 Å². The lowest BCUT2D eigenvalue weighted by Crippen LogP contribution is -2.52. The molecule has 5 rings (SSSR count). The lowest BCUT2D eigenvalue weighted by Gasteiger charge is -2.42. The number of aliphatic hydroxyl groups excluding tert-OH is 2. The maximum absolute atomic E-state index is 13.4. The number of nitrogens with two attached hydrogens (primary N) is 1. The fourth-order valence-electron chi connectivity index (χ4n) is 5.45. The van der Waals surface area contributed by atoms with Gasteiger partial charge in [0, 0.05) is 42.0 Å². The van der Waals surface area contributed by atoms with Gasteiger partial charge in [-0.15, -0.1) is 0 Å². The summed E-state index contributed by atoms with van der Waals surface area (Å²) in [6.07, 6.45) is -4.17. The van der Waals surface area contributed by atoms with Gasteiger partial charge >= 0.3 is 0 Å². The molecule has 12 nitrogen and oxygen atoms in total. The van der Waals surface area contributed by atoms with E-state index in [0.717, 1.165) is 0 Å². The van der Waals surface area contributed by atoms with Gasteiger partial charge in [0.2, 0.25) is 0 Å². The lowest BCUT2D eigenvalue weighted by atomic mass is 9.76. The molecule has 1 aliphatic heterocycles. The van der Waals surface area contributed by atoms with Crippen molar-refractivity contribution in [2.75, 3.05) is 13.2 Å². The number of fused-ring (bicyclic) bond motifs is 3. The van der Waals surface area contributed by atoms with Gasteiger partial charge in [-0.05, 0) is 24.6 Å². The number of aromatic hydroxyl groups is 2. The van der Waals surface area contributed by atoms with Crippen molar-refractivity contribution >= 4 is 17.3 Å². The Balaban J connectivity index is 1.59. The summed E-state index contributed by atoms with van der Waals surface area (Å²) >= 11 is 0. The number of phenols is 2. The SMILES string of the molecule is C[C@H]1O[C@@H](OC2C[C@@](O)(OCC(=O)CO)Cc3c2cc2c(c3O)C(=O)c3cccc(O)c3C2=O)C[C@H](N)[C@H]1O. The van der Waals surface area contributed by atoms with Gasteiger partial charge in [0.05, 0.1) is 29.4 Å². The van der Waals surface area contributed by atoms with Crippen molar-refractivity contribution in [3.8, 4) is 11.5 Å². The van der Waals surface area contributed by atoms with Crippen molar-refractivity contribution < 1.29 is 54.1 Å². The molecule has 0 amide bonds. The van der Waals surface area contributed by atoms with Crippen LogP contribution in [0.2, 0.25) is 0 Å². The third-order valence-electron chi connectivity index (χ3n) is 7.48. The van der Waals surface area contributed by atoms with E-state index in [4.69, 9.17) is 25.1 Å². The number of aliphatic hydroxyl groups is 3. The summed E-state index contributed by atoms with van der Waals surface area (Å²) in [5.41, 5.74) is 5.64. The van der Waals surface area contributed by atoms with Crippen LogP contribution in [-0.2, 0) is 25.4 Å². The molecule has 2 aromatic rings. The van der Waals surface area contributed by atoms with Crippen molar-refractivity contribution in [1.29, 1.82) is 0 Å². The highest BCUT2D eigenvalue weighted by Crippen LogP contribution is 2.48. The average Bonchev–Trinajstić information content (AvgIpc) is 2.89. The molecule has 2 aromatic carbocycles. The minimum atomic E-state index is -2.06. The Labute approximate surface area is 222 Å². The minimum absolute atomic E-state index is 0.0573. The molecule has 12 heteroatoms. The van der Waals surface area contributed by atoms with Gasteiger partial charge in [0.25, 0.3) is 0 Å². The number of carbonyl (C=O) groups excluding carboxylic acids is 3. The van der Waals surface area contributed by atoms with Crippen LogP contribution in [-0.4, -0.2) is 86.4 Å². The van der Waals surface area contributed by atoms with Crippen LogP contribution < -0.4 is 5.73 Å². The van der Waals surface area contributed by atoms with E-state index in [2.05, 4.69) is 0 Å². The number of ketones is 3. The minimum Gasteiger partial charge on any atom is -0.507 e. The van der Waals surface area contributed by atoms with E-state index >= 15 is 0 Å². The molecule has 3 aliphatic rings. The van der Waals surface area contributed by atoms with E-state index < -0.39 is 72.7 Å². The number of rotatable bonds is 6. The summed E-state index contributed by atoms with van der Waals surface area (Å²) in [5, 5.41) is 52.1. The number of Topliss-reactive ketones (excluding diaryl/α,β-unsaturated/α-hetero) is 1. The quantitative estimate of drug-likeness (QED) is 0.227. The second-order valence-corrected chi connectivity index (χ2v) is 10.2. The first kappa shape index (κ1) is 27.3. The molecule has 1 heterocycles. The largest absolute Gasteiger partial charge is 0.507 e. The van der Waals surface area contributed by atoms with Crippen molar-refractivity contribution in [1.82, 2.24) is 0 Å². The number of ether oxygens (including phenoxy) is 3. The second kappa shape index (κ2) is 10.1. The highest BCUT2D eigenvalue weighted by molar-refractivity contribution is 6.30. The number of carbonyl (C=O) groups is 3. The van der Waals surface area contributed by atoms with Crippen molar-refractivity contribution in [2.24, 2.45) is 5.73 Å². The van der Waals surface area contributed by atoms with Crippen LogP contribution in [0.4, 0.5) is 0 Å². The van der Waals surface area contributed by atoms with Crippen LogP contribution in [0.1, 0.15) is 68.8 Å². The molecule has 39 heavy (non-hydrogen) atoms. The fraction of sp³-hybridized carbons (Fsp3) is 0.444. The highest BCUT2D eigenvalue weighted by atomic mass is 16.7. The number of hydrogen-bond donors (Lipinski definition) is 6. The molecule has 7 N–H and O–H groups in total. The van der Waals surface area contributed by atoms with E-state index in [1.165, 1.54) is 24.3 Å². The Morgan fingerprint density at radius 3 is 2.59 bits per heavy atom. The molecule has 208 valence electrons. The van der Waals surface area contributed by atoms with Gasteiger partial charge in [-0.25, -0.2) is 0 Å². The topological polar surface area (TPSA) is 206 Å². The fourth-order valence-corrected chi connectivity index (χ4v) is 5.45. The Morgan fingerprint density at radius 1 is 1.18 bits per heavy atom. The highest BCUT2D eigenvalue weighted by Gasteiger charge is 2.46. The van der Waals surface area contributed by atoms with E-state index in [1.807, 2.05) is 0 Å². The van der Waals surface area contributed by atoms with Gasteiger partial charge in [0.1, 0.15) is 24.7 Å². The Bertz CT molecular complexity index is 1350. The molecular weight excluding hydrogens is 514 g/mol. The first-order valence-electron chi connectivity index (χ1n) is 12.5. The molecule has 0 aromatic heterocycles. The maximum atomic E-state index is 13.4. The summed E-state index contributed by atoms with van der Waals surface area (Å²) in [7, 11) is 0. The normalized spacial score (nSPS) is 29.9. The second-order valence-electron chi connectivity index (χ2n) is 10.2.